The van der Waals surface area contributed by atoms with E-state index < -0.39 is 0 Å². The first-order chi connectivity index (χ1) is 14.7. The monoisotopic (exact) mass is 428 g/mol. The molecule has 0 spiro atoms. The van der Waals surface area contributed by atoms with Crippen molar-refractivity contribution < 1.29 is 9.47 Å². The number of ether oxygens (including phenoxy) is 2. The Labute approximate surface area is 192 Å². The van der Waals surface area contributed by atoms with Gasteiger partial charge in [0.2, 0.25) is 0 Å². The summed E-state index contributed by atoms with van der Waals surface area (Å²) in [4.78, 5) is 0. The number of rotatable bonds is 6. The third-order valence-corrected chi connectivity index (χ3v) is 10.5. The lowest BCUT2D eigenvalue weighted by Gasteiger charge is -2.43. The van der Waals surface area contributed by atoms with Crippen LogP contribution in [0.15, 0.2) is 23.7 Å². The van der Waals surface area contributed by atoms with Gasteiger partial charge in [0.25, 0.3) is 0 Å². The van der Waals surface area contributed by atoms with Crippen molar-refractivity contribution in [3.05, 3.63) is 23.7 Å². The van der Waals surface area contributed by atoms with E-state index in [-0.39, 0.29) is 5.41 Å². The van der Waals surface area contributed by atoms with Gasteiger partial charge in [0.15, 0.2) is 0 Å². The van der Waals surface area contributed by atoms with E-state index in [0.29, 0.717) is 23.4 Å². The lowest BCUT2D eigenvalue weighted by Crippen LogP contribution is -2.38. The molecule has 2 aliphatic heterocycles. The molecule has 2 aliphatic carbocycles. The van der Waals surface area contributed by atoms with Gasteiger partial charge in [0.1, 0.15) is 11.5 Å². The summed E-state index contributed by atoms with van der Waals surface area (Å²) in [5.74, 6) is 7.10. The largest absolute Gasteiger partial charge is 0.466 e. The highest BCUT2D eigenvalue weighted by Crippen LogP contribution is 2.61. The average molecular weight is 429 g/mol. The molecule has 0 aromatic rings. The molecule has 2 nitrogen and oxygen atoms in total. The van der Waals surface area contributed by atoms with Gasteiger partial charge in [-0.25, -0.2) is 0 Å². The van der Waals surface area contributed by atoms with Crippen LogP contribution in [0, 0.1) is 46.3 Å². The second-order valence-electron chi connectivity index (χ2n) is 12.5. The highest BCUT2D eigenvalue weighted by Gasteiger charge is 2.54. The van der Waals surface area contributed by atoms with Crippen molar-refractivity contribution in [3.8, 4) is 0 Å². The van der Waals surface area contributed by atoms with Gasteiger partial charge in [-0.1, -0.05) is 54.4 Å². The van der Waals surface area contributed by atoms with Crippen LogP contribution in [0.4, 0.5) is 0 Å². The minimum Gasteiger partial charge on any atom is -0.466 e. The molecule has 0 radical (unpaired) electrons. The minimum atomic E-state index is 0.177. The third kappa shape index (κ3) is 4.16. The lowest BCUT2D eigenvalue weighted by molar-refractivity contribution is -0.00758. The predicted octanol–water partition coefficient (Wildman–Crippen LogP) is 8.14. The van der Waals surface area contributed by atoms with Crippen molar-refractivity contribution in [2.75, 3.05) is 7.11 Å². The van der Waals surface area contributed by atoms with E-state index in [1.807, 2.05) is 7.11 Å². The smallest absolute Gasteiger partial charge is 0.106 e. The topological polar surface area (TPSA) is 18.5 Å². The molecule has 8 atom stereocenters. The average Bonchev–Trinajstić information content (AvgIpc) is 2.92. The zero-order chi connectivity index (χ0) is 22.4. The maximum absolute atomic E-state index is 6.83. The maximum Gasteiger partial charge on any atom is 0.106 e. The Balaban J connectivity index is 1.55. The Kier molecular flexibility index (Phi) is 6.70. The molecule has 4 rings (SSSR count). The Morgan fingerprint density at radius 3 is 2.55 bits per heavy atom. The Morgan fingerprint density at radius 2 is 1.84 bits per heavy atom. The van der Waals surface area contributed by atoms with Crippen LogP contribution in [0.2, 0.25) is 0 Å². The van der Waals surface area contributed by atoms with Crippen LogP contribution in [0.3, 0.4) is 0 Å². The first kappa shape index (κ1) is 23.4. The van der Waals surface area contributed by atoms with Crippen molar-refractivity contribution >= 4 is 0 Å². The molecule has 4 aliphatic rings. The minimum absolute atomic E-state index is 0.177. The fourth-order valence-corrected chi connectivity index (χ4v) is 7.62. The summed E-state index contributed by atoms with van der Waals surface area (Å²) in [6.07, 6.45) is 16.8. The van der Waals surface area contributed by atoms with Crippen molar-refractivity contribution in [1.29, 1.82) is 0 Å². The number of hydrogen-bond acceptors (Lipinski definition) is 2. The van der Waals surface area contributed by atoms with E-state index in [2.05, 4.69) is 53.7 Å². The molecule has 2 saturated carbocycles. The maximum atomic E-state index is 6.83. The summed E-state index contributed by atoms with van der Waals surface area (Å²) in [5, 5.41) is 0. The van der Waals surface area contributed by atoms with Crippen LogP contribution in [0.1, 0.15) is 99.3 Å². The molecule has 3 unspecified atom stereocenters. The van der Waals surface area contributed by atoms with E-state index in [1.54, 1.807) is 0 Å². The van der Waals surface area contributed by atoms with E-state index >= 15 is 0 Å². The lowest BCUT2D eigenvalue weighted by atomic mass is 9.62. The van der Waals surface area contributed by atoms with E-state index in [9.17, 15) is 0 Å². The van der Waals surface area contributed by atoms with Crippen molar-refractivity contribution in [3.63, 3.8) is 0 Å². The fraction of sp³-hybridized carbons (Fsp3) is 0.862. The SMILES string of the molecule is CO[C@H]1CC[C@]2(C)C3=CC[C@@]4(C)C(CC[C@@H]4C(C)CC[C@@H](C)C(C)C)C(=CCC2C1)O3. The van der Waals surface area contributed by atoms with Gasteiger partial charge >= 0.3 is 0 Å². The molecule has 0 N–H and O–H groups in total. The predicted molar refractivity (Wildman–Crippen MR) is 129 cm³/mol. The first-order valence-electron chi connectivity index (χ1n) is 13.3. The Morgan fingerprint density at radius 1 is 1.06 bits per heavy atom. The summed E-state index contributed by atoms with van der Waals surface area (Å²) < 4.78 is 12.6. The summed E-state index contributed by atoms with van der Waals surface area (Å²) in [6, 6.07) is 0. The van der Waals surface area contributed by atoms with Gasteiger partial charge in [-0.15, -0.1) is 0 Å². The normalized spacial score (nSPS) is 41.8. The highest BCUT2D eigenvalue weighted by atomic mass is 16.5. The molecule has 0 aromatic heterocycles. The van der Waals surface area contributed by atoms with Gasteiger partial charge in [0, 0.05) is 18.4 Å². The second kappa shape index (κ2) is 8.88. The third-order valence-electron chi connectivity index (χ3n) is 10.5. The highest BCUT2D eigenvalue weighted by molar-refractivity contribution is 5.25. The summed E-state index contributed by atoms with van der Waals surface area (Å²) >= 11 is 0. The number of fused-ring (bicyclic) bond motifs is 6. The number of allylic oxidation sites excluding steroid dienone is 4. The van der Waals surface area contributed by atoms with Crippen LogP contribution in [-0.2, 0) is 9.47 Å². The molecule has 2 fully saturated rings. The zero-order valence-electron chi connectivity index (χ0n) is 21.4. The van der Waals surface area contributed by atoms with E-state index in [0.717, 1.165) is 36.5 Å². The molecule has 176 valence electrons. The molecule has 2 bridgehead atoms. The van der Waals surface area contributed by atoms with Crippen molar-refractivity contribution in [2.24, 2.45) is 46.3 Å². The van der Waals surface area contributed by atoms with Gasteiger partial charge < -0.3 is 9.47 Å². The molecular weight excluding hydrogens is 380 g/mol. The molecular formula is C29H48O2. The van der Waals surface area contributed by atoms with E-state index in [1.165, 1.54) is 56.5 Å². The van der Waals surface area contributed by atoms with Gasteiger partial charge in [-0.3, -0.25) is 0 Å². The van der Waals surface area contributed by atoms with Crippen molar-refractivity contribution in [1.82, 2.24) is 0 Å². The van der Waals surface area contributed by atoms with Gasteiger partial charge in [-0.05, 0) is 92.1 Å². The van der Waals surface area contributed by atoms with Gasteiger partial charge in [0.05, 0.1) is 6.10 Å². The number of hydrogen-bond donors (Lipinski definition) is 0. The Bertz CT molecular complexity index is 706. The Hall–Kier alpha value is -0.760. The van der Waals surface area contributed by atoms with E-state index in [4.69, 9.17) is 9.47 Å². The van der Waals surface area contributed by atoms with Crippen LogP contribution in [0.25, 0.3) is 0 Å². The molecule has 0 aromatic carbocycles. The molecule has 2 heterocycles. The fourth-order valence-electron chi connectivity index (χ4n) is 7.62. The zero-order valence-corrected chi connectivity index (χ0v) is 21.4. The van der Waals surface area contributed by atoms with Crippen LogP contribution in [0.5, 0.6) is 0 Å². The van der Waals surface area contributed by atoms with Crippen LogP contribution in [-0.4, -0.2) is 13.2 Å². The molecule has 2 heteroatoms. The second-order valence-corrected chi connectivity index (χ2v) is 12.5. The molecule has 31 heavy (non-hydrogen) atoms. The molecule has 0 saturated heterocycles. The van der Waals surface area contributed by atoms with Crippen molar-refractivity contribution in [2.45, 2.75) is 105 Å². The van der Waals surface area contributed by atoms with Crippen LogP contribution >= 0.6 is 0 Å². The quantitative estimate of drug-likeness (QED) is 0.425. The van der Waals surface area contributed by atoms with Gasteiger partial charge in [-0.2, -0.15) is 0 Å². The summed E-state index contributed by atoms with van der Waals surface area (Å²) in [7, 11) is 1.88. The first-order valence-corrected chi connectivity index (χ1v) is 13.3. The summed E-state index contributed by atoms with van der Waals surface area (Å²) in [6.45, 7) is 14.8. The summed E-state index contributed by atoms with van der Waals surface area (Å²) in [5.41, 5.74) is 0.525. The van der Waals surface area contributed by atoms with Crippen LogP contribution < -0.4 is 0 Å². The number of methoxy groups -OCH3 is 1. The molecule has 0 amide bonds. The standard InChI is InChI=1S/C29H48O2/c1-19(2)20(3)8-9-21(4)24-11-12-25-26-13-10-22-18-23(30-7)14-16-28(22,5)27(31-26)15-17-29(24,25)6/h13,15,19-25H,8-12,14,16-18H2,1-7H3/t20-,21?,22?,23+,24-,25?,28+,29-/m1/s1.